The van der Waals surface area contributed by atoms with Gasteiger partial charge in [-0.3, -0.25) is 43.4 Å². The van der Waals surface area contributed by atoms with E-state index in [4.69, 9.17) is 42.6 Å². The van der Waals surface area contributed by atoms with Crippen LogP contribution in [-0.2, 0) is 82.8 Å². The molecule has 4 aliphatic heterocycles. The quantitative estimate of drug-likeness (QED) is 0.0269. The first-order chi connectivity index (χ1) is 51.1. The maximum absolute atomic E-state index is 14.4. The fourth-order valence-electron chi connectivity index (χ4n) is 11.6. The first kappa shape index (κ1) is 91.5. The van der Waals surface area contributed by atoms with Crippen molar-refractivity contribution in [2.45, 2.75) is 220 Å². The van der Waals surface area contributed by atoms with Gasteiger partial charge in [-0.15, -0.1) is 0 Å². The lowest BCUT2D eigenvalue weighted by molar-refractivity contribution is -0.300. The van der Waals surface area contributed by atoms with Crippen LogP contribution in [0.5, 0.6) is 0 Å². The molecule has 1 aromatic carbocycles. The highest BCUT2D eigenvalue weighted by molar-refractivity contribution is 5.86. The first-order valence-corrected chi connectivity index (χ1v) is 36.2. The smallest absolute Gasteiger partial charge is 0.407 e. The van der Waals surface area contributed by atoms with E-state index in [2.05, 4.69) is 42.5 Å². The summed E-state index contributed by atoms with van der Waals surface area (Å²) in [6.45, 7) is 0.401. The summed E-state index contributed by atoms with van der Waals surface area (Å²) >= 11 is 0. The molecular formula is C67H114N10O30. The van der Waals surface area contributed by atoms with Gasteiger partial charge in [0, 0.05) is 58.8 Å². The third kappa shape index (κ3) is 32.4. The van der Waals surface area contributed by atoms with E-state index in [9.17, 15) is 105 Å². The van der Waals surface area contributed by atoms with Gasteiger partial charge >= 0.3 is 6.09 Å². The van der Waals surface area contributed by atoms with Crippen LogP contribution >= 0.6 is 0 Å². The molecule has 0 aromatic heterocycles. The Labute approximate surface area is 619 Å². The molecular weight excluding hydrogens is 1420 g/mol. The number of aliphatic hydroxyl groups is 13. The van der Waals surface area contributed by atoms with Crippen LogP contribution in [0.4, 0.5) is 4.79 Å². The van der Waals surface area contributed by atoms with Crippen LogP contribution in [0.1, 0.15) is 90.5 Å². The molecule has 0 bridgehead atoms. The summed E-state index contributed by atoms with van der Waals surface area (Å²) < 4.78 is 49.1. The highest BCUT2D eigenvalue weighted by atomic mass is 16.7. The third-order valence-corrected chi connectivity index (χ3v) is 17.9. The van der Waals surface area contributed by atoms with Crippen LogP contribution in [0.3, 0.4) is 0 Å². The van der Waals surface area contributed by atoms with Crippen molar-refractivity contribution in [2.24, 2.45) is 0 Å². The maximum atomic E-state index is 14.4. The molecule has 107 heavy (non-hydrogen) atoms. The van der Waals surface area contributed by atoms with Crippen molar-refractivity contribution in [1.82, 2.24) is 52.3 Å². The fourth-order valence-corrected chi connectivity index (χ4v) is 11.6. The number of unbranched alkanes of at least 4 members (excludes halogenated alkanes) is 5. The van der Waals surface area contributed by atoms with Crippen LogP contribution in [0.2, 0.25) is 0 Å². The minimum atomic E-state index is -1.67. The predicted molar refractivity (Wildman–Crippen MR) is 368 cm³/mol. The van der Waals surface area contributed by atoms with E-state index in [1.807, 2.05) is 30.3 Å². The number of nitrogens with one attached hydrogen (secondary N) is 8. The second kappa shape index (κ2) is 49.2. The minimum Gasteiger partial charge on any atom is -0.445 e. The Morgan fingerprint density at radius 1 is 0.393 bits per heavy atom. The standard InChI is InChI=1S/C67H114N10O30/c1-38-50(85)54(89)58(93)63(104-38)99-28-24-72-48(83)34-77(35-49(84)73-25-29-100-64-59(94)55(90)51(86)39(2)105-64)42(62(97)74-26-30-101-65-60(95)56(91)52(87)40(3)106-65)17-10-14-21-70-47(82)33-76(32-46(81)69-20-12-6-13-22-75-67(98)103-37-41-15-7-4-8-16-41)31-45(80)68-19-11-5-9-18-44(79)71-23-27-102-66-61(96)57(92)53(88)43(36-78)107-66/h4,7-8,15-16,38-40,42-43,50-61,63-66,78,85-96H,5-6,9-14,17-37H2,1-3H3,(H,68,80)(H,69,81)(H,70,82)(H,71,79)(H,72,83)(H,73,84)(H,74,97)(H,75,98)/t38-,39-,40-,42-,43+,50+,51+,52+,53+,54+,55+,56+,57-,58-,59-,60-,61+,63+,64+,65+,66-/m0/s1. The molecule has 40 heteroatoms. The molecule has 0 spiro atoms. The second-order valence-electron chi connectivity index (χ2n) is 26.5. The predicted octanol–water partition coefficient (Wildman–Crippen LogP) is -9.05. The molecule has 612 valence electrons. The Morgan fingerprint density at radius 3 is 1.18 bits per heavy atom. The van der Waals surface area contributed by atoms with Gasteiger partial charge in [0.25, 0.3) is 0 Å². The SMILES string of the molecule is C[C@@H]1O[C@@H](OCCNC(=O)CN(CC(=O)NCCO[C@@H]2O[C@@H](C)[C@@H](O)[C@@H](O)[C@@H]2O)[C@@H](CCCCNC(=O)CN(CC(=O)NCCCCCNC(=O)OCc2ccccc2)CC(=O)NCCCCCC(=O)NCCO[C@H]2O[C@H](CO)[C@@H](O)[C@H](O)[C@H]2O)C(=O)NCCO[C@@H]2O[C@@H](C)[C@@H](O)[C@@H](O)[C@@H]2O)[C@@H](O)[C@H](O)[C@@H]1O. The van der Waals surface area contributed by atoms with Crippen molar-refractivity contribution in [2.75, 3.05) is 118 Å². The molecule has 4 saturated heterocycles. The summed E-state index contributed by atoms with van der Waals surface area (Å²) in [6, 6.07) is 7.85. The second-order valence-corrected chi connectivity index (χ2v) is 26.5. The van der Waals surface area contributed by atoms with Gasteiger partial charge in [-0.1, -0.05) is 36.8 Å². The molecule has 4 aliphatic rings. The zero-order valence-corrected chi connectivity index (χ0v) is 60.7. The van der Waals surface area contributed by atoms with Crippen molar-refractivity contribution in [3.8, 4) is 0 Å². The molecule has 5 rings (SSSR count). The Hall–Kier alpha value is -6.14. The van der Waals surface area contributed by atoms with Gasteiger partial charge in [0.15, 0.2) is 25.2 Å². The molecule has 40 nitrogen and oxygen atoms in total. The zero-order valence-electron chi connectivity index (χ0n) is 60.7. The van der Waals surface area contributed by atoms with Gasteiger partial charge in [-0.25, -0.2) is 4.79 Å². The summed E-state index contributed by atoms with van der Waals surface area (Å²) in [7, 11) is 0. The van der Waals surface area contributed by atoms with Gasteiger partial charge in [-0.05, 0) is 77.7 Å². The molecule has 0 unspecified atom stereocenters. The molecule has 4 fully saturated rings. The highest BCUT2D eigenvalue weighted by Gasteiger charge is 2.46. The Morgan fingerprint density at radius 2 is 0.748 bits per heavy atom. The lowest BCUT2D eigenvalue weighted by Gasteiger charge is -2.39. The summed E-state index contributed by atoms with van der Waals surface area (Å²) in [5.41, 5.74) is 0.831. The molecule has 0 saturated carbocycles. The molecule has 4 heterocycles. The van der Waals surface area contributed by atoms with E-state index < -0.39 is 203 Å². The number of alkyl carbamates (subject to hydrolysis) is 1. The molecule has 8 amide bonds. The van der Waals surface area contributed by atoms with E-state index in [-0.39, 0.29) is 117 Å². The van der Waals surface area contributed by atoms with Crippen molar-refractivity contribution >= 4 is 47.4 Å². The zero-order chi connectivity index (χ0) is 78.5. The van der Waals surface area contributed by atoms with Crippen LogP contribution < -0.4 is 42.5 Å². The van der Waals surface area contributed by atoms with Gasteiger partial charge in [0.2, 0.25) is 41.4 Å². The Balaban J connectivity index is 1.19. The number of amides is 8. The van der Waals surface area contributed by atoms with Crippen LogP contribution in [0.15, 0.2) is 30.3 Å². The minimum absolute atomic E-state index is 0.0180. The van der Waals surface area contributed by atoms with Gasteiger partial charge in [-0.2, -0.15) is 0 Å². The number of carbonyl (C=O) groups excluding carboxylic acids is 8. The van der Waals surface area contributed by atoms with Crippen molar-refractivity contribution in [3.05, 3.63) is 35.9 Å². The number of benzene rings is 1. The molecule has 21 atom stereocenters. The van der Waals surface area contributed by atoms with E-state index in [0.717, 1.165) is 5.56 Å². The van der Waals surface area contributed by atoms with Gasteiger partial charge in [0.1, 0.15) is 86.0 Å². The highest BCUT2D eigenvalue weighted by Crippen LogP contribution is 2.26. The van der Waals surface area contributed by atoms with Crippen molar-refractivity contribution in [3.63, 3.8) is 0 Å². The number of aliphatic hydroxyl groups excluding tert-OH is 13. The number of ether oxygens (including phenoxy) is 9. The van der Waals surface area contributed by atoms with Crippen LogP contribution in [-0.4, -0.2) is 371 Å². The van der Waals surface area contributed by atoms with Crippen LogP contribution in [0, 0.1) is 0 Å². The van der Waals surface area contributed by atoms with Gasteiger partial charge in [0.05, 0.1) is 90.1 Å². The molecule has 1 aromatic rings. The van der Waals surface area contributed by atoms with Crippen LogP contribution in [0.25, 0.3) is 0 Å². The number of hydrogen-bond donors (Lipinski definition) is 21. The van der Waals surface area contributed by atoms with E-state index >= 15 is 0 Å². The number of nitrogens with zero attached hydrogens (tertiary/aromatic N) is 2. The van der Waals surface area contributed by atoms with E-state index in [1.54, 1.807) is 0 Å². The maximum Gasteiger partial charge on any atom is 0.407 e. The average Bonchev–Trinajstić information content (AvgIpc) is 0.843. The van der Waals surface area contributed by atoms with E-state index in [1.165, 1.54) is 30.6 Å². The lowest BCUT2D eigenvalue weighted by atomic mass is 9.99. The normalized spacial score (nSPS) is 29.0. The summed E-state index contributed by atoms with van der Waals surface area (Å²) in [5.74, 6) is -4.15. The number of hydrogen-bond acceptors (Lipinski definition) is 32. The Kier molecular flexibility index (Phi) is 42.0. The van der Waals surface area contributed by atoms with Crippen molar-refractivity contribution in [1.29, 1.82) is 0 Å². The first-order valence-electron chi connectivity index (χ1n) is 36.2. The van der Waals surface area contributed by atoms with Crippen molar-refractivity contribution < 1.29 is 147 Å². The monoisotopic (exact) mass is 1540 g/mol. The lowest BCUT2D eigenvalue weighted by Crippen LogP contribution is -2.59. The molecule has 0 aliphatic carbocycles. The number of carbonyl (C=O) groups is 8. The summed E-state index contributed by atoms with van der Waals surface area (Å²) in [6.07, 6.45) is -25.4. The Bertz CT molecular complexity index is 2740. The fraction of sp³-hybridized carbons (Fsp3) is 0.791. The van der Waals surface area contributed by atoms with Gasteiger partial charge < -0.3 is 152 Å². The van der Waals surface area contributed by atoms with E-state index in [0.29, 0.717) is 45.1 Å². The third-order valence-electron chi connectivity index (χ3n) is 17.9. The number of rotatable bonds is 48. The summed E-state index contributed by atoms with van der Waals surface area (Å²) in [4.78, 5) is 110. The largest absolute Gasteiger partial charge is 0.445 e. The summed E-state index contributed by atoms with van der Waals surface area (Å²) in [5, 5.41) is 154. The molecule has 21 N–H and O–H groups in total. The average molecular weight is 1540 g/mol. The molecule has 0 radical (unpaired) electrons. The topological polar surface area (TPSA) is 585 Å².